The molecule has 0 bridgehead atoms. The van der Waals surface area contributed by atoms with Crippen LogP contribution < -0.4 is 5.32 Å². The number of anilines is 1. The largest absolute Gasteiger partial charge is 0.314 e. The zero-order valence-electron chi connectivity index (χ0n) is 11.2. The third kappa shape index (κ3) is 3.02. The maximum Gasteiger partial charge on any atom is 0.259 e. The Morgan fingerprint density at radius 3 is 2.85 bits per heavy atom. The molecule has 106 valence electrons. The maximum absolute atomic E-state index is 12.3. The number of aromatic nitrogens is 3. The van der Waals surface area contributed by atoms with Crippen LogP contribution in [-0.4, -0.2) is 27.8 Å². The van der Waals surface area contributed by atoms with Gasteiger partial charge in [-0.25, -0.2) is 4.68 Å². The van der Waals surface area contributed by atoms with Gasteiger partial charge >= 0.3 is 0 Å². The second kappa shape index (κ2) is 6.38. The minimum atomic E-state index is -0.258. The normalized spacial score (nSPS) is 10.6. The molecule has 2 rings (SSSR count). The van der Waals surface area contributed by atoms with Crippen molar-refractivity contribution in [1.82, 2.24) is 14.8 Å². The molecule has 0 fully saturated rings. The molecule has 1 aromatic carbocycles. The van der Waals surface area contributed by atoms with Crippen LogP contribution >= 0.6 is 28.0 Å². The first kappa shape index (κ1) is 15.0. The highest BCUT2D eigenvalue weighted by Gasteiger charge is 2.17. The number of carbonyl (C=O) groups is 1. The standard InChI is InChI=1S/C12H13BrN4O2S/c1-7-4-5-8(9(13)10(7)20-19-3)11(18)16-12-14-6-15-17(12)2/h4-6H,1-3H3,(H,14,15,16,18). The fraction of sp³-hybridized carbons (Fsp3) is 0.250. The Hall–Kier alpha value is -1.38. The van der Waals surface area contributed by atoms with E-state index in [1.807, 2.05) is 13.0 Å². The average molecular weight is 357 g/mol. The van der Waals surface area contributed by atoms with Crippen molar-refractivity contribution in [3.8, 4) is 0 Å². The number of amides is 1. The number of nitrogens with one attached hydrogen (secondary N) is 1. The van der Waals surface area contributed by atoms with E-state index < -0.39 is 0 Å². The molecule has 0 aliphatic rings. The van der Waals surface area contributed by atoms with E-state index in [0.29, 0.717) is 16.0 Å². The molecule has 0 atom stereocenters. The van der Waals surface area contributed by atoms with Gasteiger partial charge in [0, 0.05) is 23.6 Å². The van der Waals surface area contributed by atoms with E-state index >= 15 is 0 Å². The minimum Gasteiger partial charge on any atom is -0.314 e. The predicted molar refractivity (Wildman–Crippen MR) is 80.7 cm³/mol. The van der Waals surface area contributed by atoms with Crippen LogP contribution in [0.4, 0.5) is 5.95 Å². The summed E-state index contributed by atoms with van der Waals surface area (Å²) in [5.41, 5.74) is 1.54. The van der Waals surface area contributed by atoms with Crippen molar-refractivity contribution in [1.29, 1.82) is 0 Å². The Labute approximate surface area is 129 Å². The Balaban J connectivity index is 2.31. The van der Waals surface area contributed by atoms with E-state index in [4.69, 9.17) is 4.18 Å². The lowest BCUT2D eigenvalue weighted by Crippen LogP contribution is -2.16. The molecule has 6 nitrogen and oxygen atoms in total. The topological polar surface area (TPSA) is 69.0 Å². The summed E-state index contributed by atoms with van der Waals surface area (Å²) >= 11 is 4.66. The molecule has 0 radical (unpaired) electrons. The van der Waals surface area contributed by atoms with Crippen molar-refractivity contribution in [2.45, 2.75) is 11.8 Å². The molecular weight excluding hydrogens is 344 g/mol. The number of carbonyl (C=O) groups excluding carboxylic acids is 1. The number of nitrogens with zero attached hydrogens (tertiary/aromatic N) is 3. The van der Waals surface area contributed by atoms with Crippen molar-refractivity contribution in [2.24, 2.45) is 7.05 Å². The Bertz CT molecular complexity index is 644. The molecule has 0 unspecified atom stereocenters. The van der Waals surface area contributed by atoms with Gasteiger partial charge in [-0.15, -0.1) is 0 Å². The van der Waals surface area contributed by atoms with Crippen LogP contribution in [0.5, 0.6) is 0 Å². The number of benzene rings is 1. The van der Waals surface area contributed by atoms with Gasteiger partial charge in [-0.2, -0.15) is 10.1 Å². The lowest BCUT2D eigenvalue weighted by molar-refractivity contribution is 0.102. The molecule has 2 aromatic rings. The van der Waals surface area contributed by atoms with Gasteiger partial charge in [0.05, 0.1) is 17.6 Å². The third-order valence-corrected chi connectivity index (χ3v) is 4.59. The van der Waals surface area contributed by atoms with Gasteiger partial charge in [-0.1, -0.05) is 6.07 Å². The first-order valence-corrected chi connectivity index (χ1v) is 7.23. The number of aryl methyl sites for hydroxylation is 2. The van der Waals surface area contributed by atoms with E-state index in [1.54, 1.807) is 20.2 Å². The molecule has 1 heterocycles. The lowest BCUT2D eigenvalue weighted by atomic mass is 10.1. The van der Waals surface area contributed by atoms with Crippen molar-refractivity contribution >= 4 is 39.8 Å². The summed E-state index contributed by atoms with van der Waals surface area (Å²) in [5, 5.41) is 6.61. The van der Waals surface area contributed by atoms with Crippen molar-refractivity contribution in [3.05, 3.63) is 34.1 Å². The van der Waals surface area contributed by atoms with E-state index in [0.717, 1.165) is 10.5 Å². The fourth-order valence-corrected chi connectivity index (χ4v) is 2.96. The first-order chi connectivity index (χ1) is 9.54. The Morgan fingerprint density at radius 1 is 1.50 bits per heavy atom. The van der Waals surface area contributed by atoms with Crippen LogP contribution in [-0.2, 0) is 11.2 Å². The van der Waals surface area contributed by atoms with Gasteiger partial charge in [-0.05, 0) is 34.5 Å². The molecule has 20 heavy (non-hydrogen) atoms. The Morgan fingerprint density at radius 2 is 2.25 bits per heavy atom. The molecule has 1 aromatic heterocycles. The van der Waals surface area contributed by atoms with Gasteiger partial charge in [0.15, 0.2) is 0 Å². The number of halogens is 1. The van der Waals surface area contributed by atoms with E-state index in [9.17, 15) is 4.79 Å². The monoisotopic (exact) mass is 356 g/mol. The first-order valence-electron chi connectivity index (χ1n) is 5.69. The van der Waals surface area contributed by atoms with Gasteiger partial charge in [0.1, 0.15) is 6.33 Å². The number of hydrogen-bond acceptors (Lipinski definition) is 5. The van der Waals surface area contributed by atoms with Crippen LogP contribution in [0.15, 0.2) is 27.8 Å². The molecule has 0 saturated heterocycles. The summed E-state index contributed by atoms with van der Waals surface area (Å²) in [6, 6.07) is 3.63. The summed E-state index contributed by atoms with van der Waals surface area (Å²) in [5.74, 6) is 0.134. The summed E-state index contributed by atoms with van der Waals surface area (Å²) < 4.78 is 7.27. The molecule has 0 saturated carbocycles. The van der Waals surface area contributed by atoms with Crippen molar-refractivity contribution in [2.75, 3.05) is 12.4 Å². The van der Waals surface area contributed by atoms with Crippen LogP contribution in [0.2, 0.25) is 0 Å². The highest BCUT2D eigenvalue weighted by atomic mass is 79.9. The predicted octanol–water partition coefficient (Wildman–Crippen LogP) is 2.79. The quantitative estimate of drug-likeness (QED) is 0.853. The molecule has 0 aliphatic carbocycles. The minimum absolute atomic E-state index is 0.258. The van der Waals surface area contributed by atoms with E-state index in [-0.39, 0.29) is 5.91 Å². The molecule has 1 N–H and O–H groups in total. The highest BCUT2D eigenvalue weighted by Crippen LogP contribution is 2.34. The molecule has 0 spiro atoms. The van der Waals surface area contributed by atoms with Crippen LogP contribution in [0.25, 0.3) is 0 Å². The lowest BCUT2D eigenvalue weighted by Gasteiger charge is -2.11. The summed E-state index contributed by atoms with van der Waals surface area (Å²) in [6.07, 6.45) is 1.38. The smallest absolute Gasteiger partial charge is 0.259 e. The van der Waals surface area contributed by atoms with Gasteiger partial charge in [0.2, 0.25) is 5.95 Å². The fourth-order valence-electron chi connectivity index (χ4n) is 1.59. The molecule has 8 heteroatoms. The Kier molecular flexibility index (Phi) is 4.79. The zero-order chi connectivity index (χ0) is 14.7. The van der Waals surface area contributed by atoms with Crippen molar-refractivity contribution in [3.63, 3.8) is 0 Å². The van der Waals surface area contributed by atoms with Gasteiger partial charge < -0.3 is 4.18 Å². The van der Waals surface area contributed by atoms with E-state index in [1.165, 1.54) is 23.1 Å². The zero-order valence-corrected chi connectivity index (χ0v) is 13.6. The molecular formula is C12H13BrN4O2S. The van der Waals surface area contributed by atoms with E-state index in [2.05, 4.69) is 31.3 Å². The van der Waals surface area contributed by atoms with Crippen LogP contribution in [0.3, 0.4) is 0 Å². The number of rotatable bonds is 4. The number of hydrogen-bond donors (Lipinski definition) is 1. The van der Waals surface area contributed by atoms with Crippen molar-refractivity contribution < 1.29 is 8.98 Å². The third-order valence-electron chi connectivity index (χ3n) is 2.64. The average Bonchev–Trinajstić information content (AvgIpc) is 2.80. The van der Waals surface area contributed by atoms with Crippen LogP contribution in [0.1, 0.15) is 15.9 Å². The highest BCUT2D eigenvalue weighted by molar-refractivity contribution is 9.10. The summed E-state index contributed by atoms with van der Waals surface area (Å²) in [6.45, 7) is 1.95. The van der Waals surface area contributed by atoms with Gasteiger partial charge in [-0.3, -0.25) is 10.1 Å². The summed E-state index contributed by atoms with van der Waals surface area (Å²) in [4.78, 5) is 17.1. The van der Waals surface area contributed by atoms with Gasteiger partial charge in [0.25, 0.3) is 5.91 Å². The molecule has 0 aliphatic heterocycles. The second-order valence-electron chi connectivity index (χ2n) is 3.98. The molecule has 1 amide bonds. The SMILES string of the molecule is COSc1c(C)ccc(C(=O)Nc2ncnn2C)c1Br. The second-order valence-corrected chi connectivity index (χ2v) is 5.69. The maximum atomic E-state index is 12.3. The summed E-state index contributed by atoms with van der Waals surface area (Å²) in [7, 11) is 3.29. The van der Waals surface area contributed by atoms with Crippen LogP contribution in [0, 0.1) is 6.92 Å².